The average Bonchev–Trinajstić information content (AvgIpc) is 2.61. The van der Waals surface area contributed by atoms with Gasteiger partial charge < -0.3 is 20.8 Å². The molecule has 0 aliphatic heterocycles. The number of rotatable bonds is 8. The number of phenolic OH excluding ortho intramolecular Hbond substituents is 2. The molecule has 0 atom stereocenters. The number of carbonyl (C=O) groups is 2. The van der Waals surface area contributed by atoms with Crippen LogP contribution < -0.4 is 10.6 Å². The smallest absolute Gasteiger partial charge is 0.255 e. The predicted octanol–water partition coefficient (Wildman–Crippen LogP) is 2.43. The lowest BCUT2D eigenvalue weighted by Crippen LogP contribution is -2.26. The first-order valence-corrected chi connectivity index (χ1v) is 8.22. The number of hydrogen-bond acceptors (Lipinski definition) is 4. The van der Waals surface area contributed by atoms with E-state index < -0.39 is 0 Å². The minimum absolute atomic E-state index is 0.0353. The fraction of sp³-hybridized carbons (Fsp3) is 0.263. The van der Waals surface area contributed by atoms with E-state index in [1.807, 2.05) is 0 Å². The van der Waals surface area contributed by atoms with E-state index in [2.05, 4.69) is 10.6 Å². The van der Waals surface area contributed by atoms with E-state index in [0.717, 1.165) is 19.3 Å². The molecule has 25 heavy (non-hydrogen) atoms. The van der Waals surface area contributed by atoms with Gasteiger partial charge in [-0.3, -0.25) is 9.59 Å². The minimum atomic E-state index is -0.300. The summed E-state index contributed by atoms with van der Waals surface area (Å²) in [5.41, 5.74) is 0.523. The molecule has 0 saturated heterocycles. The third kappa shape index (κ3) is 5.53. The molecule has 2 aromatic carbocycles. The first-order valence-electron chi connectivity index (χ1n) is 8.22. The Bertz CT molecular complexity index is 669. The van der Waals surface area contributed by atoms with Crippen LogP contribution in [0.1, 0.15) is 40.0 Å². The Hall–Kier alpha value is -3.02. The Labute approximate surface area is 146 Å². The molecule has 2 amide bonds. The summed E-state index contributed by atoms with van der Waals surface area (Å²) in [6, 6.07) is 12.8. The Morgan fingerprint density at radius 3 is 1.48 bits per heavy atom. The zero-order valence-electron chi connectivity index (χ0n) is 13.9. The van der Waals surface area contributed by atoms with E-state index in [9.17, 15) is 19.8 Å². The van der Waals surface area contributed by atoms with Crippen LogP contribution in [-0.2, 0) is 0 Å². The highest BCUT2D eigenvalue weighted by molar-refractivity contribution is 5.97. The van der Waals surface area contributed by atoms with Gasteiger partial charge in [0.15, 0.2) is 0 Å². The molecule has 2 aromatic rings. The van der Waals surface area contributed by atoms with Crippen LogP contribution in [0.5, 0.6) is 11.5 Å². The number of carbonyl (C=O) groups excluding carboxylic acids is 2. The van der Waals surface area contributed by atoms with Crippen molar-refractivity contribution in [2.75, 3.05) is 13.1 Å². The molecule has 0 bridgehead atoms. The fourth-order valence-corrected chi connectivity index (χ4v) is 2.35. The van der Waals surface area contributed by atoms with Crippen molar-refractivity contribution in [1.82, 2.24) is 10.6 Å². The lowest BCUT2D eigenvalue weighted by Gasteiger charge is -2.08. The standard InChI is InChI=1S/C19H22N2O4/c22-16-10-4-2-8-14(16)18(24)20-12-6-1-7-13-21-19(25)15-9-3-5-11-17(15)23/h2-5,8-11,22-23H,1,6-7,12-13H2,(H,20,24)(H,21,25). The van der Waals surface area contributed by atoms with Crippen molar-refractivity contribution >= 4 is 11.8 Å². The molecular weight excluding hydrogens is 320 g/mol. The molecule has 0 aromatic heterocycles. The summed E-state index contributed by atoms with van der Waals surface area (Å²) in [4.78, 5) is 23.8. The second-order valence-electron chi connectivity index (χ2n) is 5.61. The van der Waals surface area contributed by atoms with Gasteiger partial charge in [0.05, 0.1) is 11.1 Å². The number of para-hydroxylation sites is 2. The molecule has 0 saturated carbocycles. The van der Waals surface area contributed by atoms with Crippen LogP contribution in [0.4, 0.5) is 0 Å². The summed E-state index contributed by atoms with van der Waals surface area (Å²) in [5.74, 6) is -0.671. The molecule has 4 N–H and O–H groups in total. The van der Waals surface area contributed by atoms with Gasteiger partial charge in [-0.25, -0.2) is 0 Å². The highest BCUT2D eigenvalue weighted by Gasteiger charge is 2.10. The van der Waals surface area contributed by atoms with Crippen molar-refractivity contribution < 1.29 is 19.8 Å². The molecule has 6 nitrogen and oxygen atoms in total. The number of phenols is 2. The van der Waals surface area contributed by atoms with E-state index in [-0.39, 0.29) is 34.4 Å². The van der Waals surface area contributed by atoms with E-state index in [1.54, 1.807) is 36.4 Å². The van der Waals surface area contributed by atoms with Crippen molar-refractivity contribution in [3.63, 3.8) is 0 Å². The summed E-state index contributed by atoms with van der Waals surface area (Å²) in [7, 11) is 0. The van der Waals surface area contributed by atoms with Crippen LogP contribution in [-0.4, -0.2) is 35.1 Å². The third-order valence-electron chi connectivity index (χ3n) is 3.72. The van der Waals surface area contributed by atoms with Gasteiger partial charge in [0.1, 0.15) is 11.5 Å². The summed E-state index contributed by atoms with van der Waals surface area (Å²) in [6.45, 7) is 1.00. The van der Waals surface area contributed by atoms with Gasteiger partial charge >= 0.3 is 0 Å². The zero-order valence-corrected chi connectivity index (χ0v) is 13.9. The van der Waals surface area contributed by atoms with E-state index in [0.29, 0.717) is 13.1 Å². The summed E-state index contributed by atoms with van der Waals surface area (Å²) in [6.07, 6.45) is 2.37. The van der Waals surface area contributed by atoms with Gasteiger partial charge in [-0.15, -0.1) is 0 Å². The highest BCUT2D eigenvalue weighted by atomic mass is 16.3. The second-order valence-corrected chi connectivity index (χ2v) is 5.61. The van der Waals surface area contributed by atoms with Gasteiger partial charge in [0, 0.05) is 13.1 Å². The maximum atomic E-state index is 11.9. The first-order chi connectivity index (χ1) is 12.1. The van der Waals surface area contributed by atoms with Crippen LogP contribution in [0.2, 0.25) is 0 Å². The van der Waals surface area contributed by atoms with Crippen molar-refractivity contribution in [2.24, 2.45) is 0 Å². The van der Waals surface area contributed by atoms with Crippen molar-refractivity contribution in [3.05, 3.63) is 59.7 Å². The monoisotopic (exact) mass is 342 g/mol. The van der Waals surface area contributed by atoms with Gasteiger partial charge in [0.2, 0.25) is 0 Å². The van der Waals surface area contributed by atoms with Crippen LogP contribution in [0.15, 0.2) is 48.5 Å². The van der Waals surface area contributed by atoms with Crippen LogP contribution in [0.25, 0.3) is 0 Å². The normalized spacial score (nSPS) is 10.2. The van der Waals surface area contributed by atoms with Gasteiger partial charge in [-0.05, 0) is 43.5 Å². The van der Waals surface area contributed by atoms with E-state index >= 15 is 0 Å². The lowest BCUT2D eigenvalue weighted by molar-refractivity contribution is 0.0944. The number of benzene rings is 2. The quantitative estimate of drug-likeness (QED) is 0.554. The second kappa shape index (κ2) is 9.32. The molecule has 2 rings (SSSR count). The molecule has 6 heteroatoms. The molecule has 0 radical (unpaired) electrons. The van der Waals surface area contributed by atoms with Gasteiger partial charge in [0.25, 0.3) is 11.8 Å². The number of unbranched alkanes of at least 4 members (excludes halogenated alkanes) is 2. The van der Waals surface area contributed by atoms with Crippen molar-refractivity contribution in [3.8, 4) is 11.5 Å². The molecule has 0 spiro atoms. The highest BCUT2D eigenvalue weighted by Crippen LogP contribution is 2.15. The Morgan fingerprint density at radius 1 is 0.680 bits per heavy atom. The number of hydrogen-bond donors (Lipinski definition) is 4. The van der Waals surface area contributed by atoms with Crippen LogP contribution in [0.3, 0.4) is 0 Å². The summed E-state index contributed by atoms with van der Waals surface area (Å²) < 4.78 is 0. The molecular formula is C19H22N2O4. The summed E-state index contributed by atoms with van der Waals surface area (Å²) >= 11 is 0. The zero-order chi connectivity index (χ0) is 18.1. The Kier molecular flexibility index (Phi) is 6.83. The predicted molar refractivity (Wildman–Crippen MR) is 94.7 cm³/mol. The molecule has 0 heterocycles. The van der Waals surface area contributed by atoms with Gasteiger partial charge in [-0.2, -0.15) is 0 Å². The molecule has 0 unspecified atom stereocenters. The lowest BCUT2D eigenvalue weighted by atomic mass is 10.1. The van der Waals surface area contributed by atoms with Crippen LogP contribution >= 0.6 is 0 Å². The fourth-order valence-electron chi connectivity index (χ4n) is 2.35. The largest absolute Gasteiger partial charge is 0.507 e. The molecule has 0 aliphatic carbocycles. The molecule has 0 fully saturated rings. The molecule has 0 aliphatic rings. The third-order valence-corrected chi connectivity index (χ3v) is 3.72. The average molecular weight is 342 g/mol. The summed E-state index contributed by atoms with van der Waals surface area (Å²) in [5, 5.41) is 24.7. The van der Waals surface area contributed by atoms with Crippen molar-refractivity contribution in [1.29, 1.82) is 0 Å². The Balaban J connectivity index is 1.60. The number of aromatic hydroxyl groups is 2. The maximum Gasteiger partial charge on any atom is 0.255 e. The first kappa shape index (κ1) is 18.3. The Morgan fingerprint density at radius 2 is 1.08 bits per heavy atom. The number of amides is 2. The topological polar surface area (TPSA) is 98.7 Å². The van der Waals surface area contributed by atoms with Crippen molar-refractivity contribution in [2.45, 2.75) is 19.3 Å². The number of nitrogens with one attached hydrogen (secondary N) is 2. The van der Waals surface area contributed by atoms with Gasteiger partial charge in [-0.1, -0.05) is 24.3 Å². The SMILES string of the molecule is O=C(NCCCCCNC(=O)c1ccccc1O)c1ccccc1O. The maximum absolute atomic E-state index is 11.9. The minimum Gasteiger partial charge on any atom is -0.507 e. The van der Waals surface area contributed by atoms with Crippen LogP contribution in [0, 0.1) is 0 Å². The molecule has 132 valence electrons. The van der Waals surface area contributed by atoms with E-state index in [4.69, 9.17) is 0 Å². The van der Waals surface area contributed by atoms with E-state index in [1.165, 1.54) is 12.1 Å².